The number of rotatable bonds is 4. The first kappa shape index (κ1) is 14.3. The number of nitrogens with zero attached hydrogens (tertiary/aromatic N) is 1. The van der Waals surface area contributed by atoms with E-state index < -0.39 is 6.10 Å². The van der Waals surface area contributed by atoms with Gasteiger partial charge < -0.3 is 4.74 Å². The summed E-state index contributed by atoms with van der Waals surface area (Å²) in [4.78, 5) is 12.5. The van der Waals surface area contributed by atoms with Crippen LogP contribution in [0.5, 0.6) is 5.75 Å². The van der Waals surface area contributed by atoms with E-state index in [2.05, 4.69) is 12.1 Å². The van der Waals surface area contributed by atoms with Gasteiger partial charge >= 0.3 is 0 Å². The zero-order valence-corrected chi connectivity index (χ0v) is 12.5. The monoisotopic (exact) mass is 291 g/mol. The van der Waals surface area contributed by atoms with Gasteiger partial charge in [-0.1, -0.05) is 18.2 Å². The van der Waals surface area contributed by atoms with Crippen molar-refractivity contribution in [3.8, 4) is 11.8 Å². The Balaban J connectivity index is 1.75. The summed E-state index contributed by atoms with van der Waals surface area (Å²) in [5.41, 5.74) is 3.86. The van der Waals surface area contributed by atoms with E-state index in [9.17, 15) is 4.79 Å². The number of hydrogen-bond donors (Lipinski definition) is 0. The number of carbonyl (C=O) groups excluding carboxylic acids is 1. The van der Waals surface area contributed by atoms with Gasteiger partial charge in [0.25, 0.3) is 0 Å². The third kappa shape index (κ3) is 2.87. The first-order chi connectivity index (χ1) is 10.7. The van der Waals surface area contributed by atoms with Crippen molar-refractivity contribution in [1.82, 2.24) is 0 Å². The maximum atomic E-state index is 12.5. The third-order valence-electron chi connectivity index (χ3n) is 4.03. The van der Waals surface area contributed by atoms with Crippen LogP contribution >= 0.6 is 0 Å². The fourth-order valence-electron chi connectivity index (χ4n) is 2.86. The second kappa shape index (κ2) is 6.03. The second-order valence-electron chi connectivity index (χ2n) is 5.60. The molecule has 0 fully saturated rings. The summed E-state index contributed by atoms with van der Waals surface area (Å²) >= 11 is 0. The SMILES string of the molecule is CC(Oc1cccc(C#N)c1)C(=O)c1ccc2c(c1)CCC2. The minimum Gasteiger partial charge on any atom is -0.483 e. The van der Waals surface area contributed by atoms with Crippen molar-refractivity contribution in [2.24, 2.45) is 0 Å². The topological polar surface area (TPSA) is 50.1 Å². The summed E-state index contributed by atoms with van der Waals surface area (Å²) < 4.78 is 5.69. The quantitative estimate of drug-likeness (QED) is 0.807. The molecule has 0 radical (unpaired) electrons. The van der Waals surface area contributed by atoms with Gasteiger partial charge in [0.1, 0.15) is 5.75 Å². The molecule has 1 atom stereocenters. The van der Waals surface area contributed by atoms with Crippen LogP contribution in [0.25, 0.3) is 0 Å². The number of Topliss-reactive ketones (excluding diaryl/α,β-unsaturated/α-hetero) is 1. The molecule has 0 amide bonds. The maximum absolute atomic E-state index is 12.5. The van der Waals surface area contributed by atoms with Gasteiger partial charge in [0.2, 0.25) is 5.78 Å². The highest BCUT2D eigenvalue weighted by molar-refractivity contribution is 5.99. The molecule has 2 aromatic carbocycles. The Labute approximate surface area is 130 Å². The molecule has 3 heteroatoms. The average Bonchev–Trinajstić information content (AvgIpc) is 3.01. The number of carbonyl (C=O) groups is 1. The fourth-order valence-corrected chi connectivity index (χ4v) is 2.86. The molecular weight excluding hydrogens is 274 g/mol. The summed E-state index contributed by atoms with van der Waals surface area (Å²) in [6.45, 7) is 1.74. The molecule has 22 heavy (non-hydrogen) atoms. The standard InChI is InChI=1S/C19H17NO2/c1-13(22-18-7-2-4-14(10-18)12-20)19(21)17-9-8-15-5-3-6-16(15)11-17/h2,4,7-11,13H,3,5-6H2,1H3. The molecule has 3 nitrogen and oxygen atoms in total. The van der Waals surface area contributed by atoms with Crippen molar-refractivity contribution in [3.05, 3.63) is 64.7 Å². The van der Waals surface area contributed by atoms with Crippen molar-refractivity contribution in [1.29, 1.82) is 5.26 Å². The van der Waals surface area contributed by atoms with Crippen LogP contribution in [-0.2, 0) is 12.8 Å². The van der Waals surface area contributed by atoms with E-state index in [4.69, 9.17) is 10.00 Å². The summed E-state index contributed by atoms with van der Waals surface area (Å²) in [5.74, 6) is 0.512. The molecule has 1 aliphatic rings. The lowest BCUT2D eigenvalue weighted by atomic mass is 10.0. The zero-order chi connectivity index (χ0) is 15.5. The van der Waals surface area contributed by atoms with E-state index in [0.29, 0.717) is 16.9 Å². The molecule has 1 unspecified atom stereocenters. The smallest absolute Gasteiger partial charge is 0.203 e. The van der Waals surface area contributed by atoms with Crippen molar-refractivity contribution in [2.45, 2.75) is 32.3 Å². The number of hydrogen-bond acceptors (Lipinski definition) is 3. The number of aryl methyl sites for hydroxylation is 2. The number of benzene rings is 2. The predicted octanol–water partition coefficient (Wildman–Crippen LogP) is 3.70. The van der Waals surface area contributed by atoms with E-state index >= 15 is 0 Å². The van der Waals surface area contributed by atoms with Crippen molar-refractivity contribution in [2.75, 3.05) is 0 Å². The number of nitriles is 1. The zero-order valence-electron chi connectivity index (χ0n) is 12.5. The molecule has 0 bridgehead atoms. The lowest BCUT2D eigenvalue weighted by molar-refractivity contribution is 0.0818. The van der Waals surface area contributed by atoms with Crippen LogP contribution in [-0.4, -0.2) is 11.9 Å². The molecule has 0 saturated heterocycles. The summed E-state index contributed by atoms with van der Waals surface area (Å²) in [6.07, 6.45) is 2.75. The largest absolute Gasteiger partial charge is 0.483 e. The van der Waals surface area contributed by atoms with E-state index in [1.54, 1.807) is 31.2 Å². The minimum absolute atomic E-state index is 0.0305. The van der Waals surface area contributed by atoms with E-state index in [-0.39, 0.29) is 5.78 Å². The number of ketones is 1. The van der Waals surface area contributed by atoms with Gasteiger partial charge in [-0.3, -0.25) is 4.79 Å². The van der Waals surface area contributed by atoms with Crippen LogP contribution in [0.3, 0.4) is 0 Å². The fraction of sp³-hybridized carbons (Fsp3) is 0.263. The lowest BCUT2D eigenvalue weighted by Crippen LogP contribution is -2.24. The highest BCUT2D eigenvalue weighted by Crippen LogP contribution is 2.24. The molecule has 110 valence electrons. The van der Waals surface area contributed by atoms with Crippen LogP contribution in [0, 0.1) is 11.3 Å². The predicted molar refractivity (Wildman–Crippen MR) is 84.0 cm³/mol. The Kier molecular flexibility index (Phi) is 3.93. The van der Waals surface area contributed by atoms with Crippen LogP contribution in [0.1, 0.15) is 40.4 Å². The van der Waals surface area contributed by atoms with Crippen LogP contribution in [0.2, 0.25) is 0 Å². The van der Waals surface area contributed by atoms with Gasteiger partial charge in [0.05, 0.1) is 11.6 Å². The molecule has 0 heterocycles. The normalized spacial score (nSPS) is 14.0. The molecule has 0 saturated carbocycles. The van der Waals surface area contributed by atoms with Gasteiger partial charge in [-0.2, -0.15) is 5.26 Å². The molecular formula is C19H17NO2. The van der Waals surface area contributed by atoms with E-state index in [0.717, 1.165) is 12.8 Å². The van der Waals surface area contributed by atoms with Crippen molar-refractivity contribution < 1.29 is 9.53 Å². The van der Waals surface area contributed by atoms with Gasteiger partial charge in [-0.05, 0) is 61.6 Å². The van der Waals surface area contributed by atoms with E-state index in [1.807, 2.05) is 12.1 Å². The summed E-state index contributed by atoms with van der Waals surface area (Å²) in [7, 11) is 0. The van der Waals surface area contributed by atoms with Crippen LogP contribution in [0.15, 0.2) is 42.5 Å². The molecule has 0 aromatic heterocycles. The van der Waals surface area contributed by atoms with Crippen LogP contribution < -0.4 is 4.74 Å². The molecule has 0 aliphatic heterocycles. The van der Waals surface area contributed by atoms with Crippen LogP contribution in [0.4, 0.5) is 0 Å². The molecule has 0 spiro atoms. The number of ether oxygens (including phenoxy) is 1. The van der Waals surface area contributed by atoms with Gasteiger partial charge in [0.15, 0.2) is 6.10 Å². The van der Waals surface area contributed by atoms with E-state index in [1.165, 1.54) is 17.5 Å². The summed E-state index contributed by atoms with van der Waals surface area (Å²) in [5, 5.41) is 8.90. The van der Waals surface area contributed by atoms with Crippen molar-refractivity contribution in [3.63, 3.8) is 0 Å². The molecule has 3 rings (SSSR count). The minimum atomic E-state index is -0.576. The Morgan fingerprint density at radius 2 is 2.00 bits per heavy atom. The number of fused-ring (bicyclic) bond motifs is 1. The van der Waals surface area contributed by atoms with Gasteiger partial charge in [-0.25, -0.2) is 0 Å². The Morgan fingerprint density at radius 1 is 1.18 bits per heavy atom. The Morgan fingerprint density at radius 3 is 2.82 bits per heavy atom. The van der Waals surface area contributed by atoms with Gasteiger partial charge in [-0.15, -0.1) is 0 Å². The lowest BCUT2D eigenvalue weighted by Gasteiger charge is -2.14. The highest BCUT2D eigenvalue weighted by atomic mass is 16.5. The van der Waals surface area contributed by atoms with Gasteiger partial charge in [0, 0.05) is 5.56 Å². The van der Waals surface area contributed by atoms with Crippen molar-refractivity contribution >= 4 is 5.78 Å². The first-order valence-electron chi connectivity index (χ1n) is 7.50. The third-order valence-corrected chi connectivity index (χ3v) is 4.03. The Bertz CT molecular complexity index is 758. The average molecular weight is 291 g/mol. The summed E-state index contributed by atoms with van der Waals surface area (Å²) in [6, 6.07) is 14.9. The maximum Gasteiger partial charge on any atom is 0.203 e. The molecule has 2 aromatic rings. The second-order valence-corrected chi connectivity index (χ2v) is 5.60. The highest BCUT2D eigenvalue weighted by Gasteiger charge is 2.19. The Hall–Kier alpha value is -2.60. The first-order valence-corrected chi connectivity index (χ1v) is 7.50. The molecule has 1 aliphatic carbocycles. The molecule has 0 N–H and O–H groups in total.